The third kappa shape index (κ3) is 1.31. The van der Waals surface area contributed by atoms with Crippen molar-refractivity contribution in [2.45, 2.75) is 26.4 Å². The fraction of sp³-hybridized carbons (Fsp3) is 0.417. The lowest BCUT2D eigenvalue weighted by molar-refractivity contribution is 0.0254. The molecule has 0 aliphatic carbocycles. The Bertz CT molecular complexity index is 357. The standard InChI is InChI=1S/C12H14O2/c1-3-8(2)11-9-6-4-5-7-10(9)12(13)14-11/h4-8,11H,3H2,1-2H3/t8-,11?/m0/s1. The second kappa shape index (κ2) is 3.45. The maximum absolute atomic E-state index is 11.5. The molecule has 0 aromatic heterocycles. The summed E-state index contributed by atoms with van der Waals surface area (Å²) in [5, 5.41) is 0. The molecule has 0 fully saturated rings. The predicted octanol–water partition coefficient (Wildman–Crippen LogP) is 2.94. The van der Waals surface area contributed by atoms with Gasteiger partial charge in [0.15, 0.2) is 0 Å². The highest BCUT2D eigenvalue weighted by Gasteiger charge is 2.33. The lowest BCUT2D eigenvalue weighted by Gasteiger charge is -2.16. The van der Waals surface area contributed by atoms with Crippen molar-refractivity contribution in [1.82, 2.24) is 0 Å². The van der Waals surface area contributed by atoms with Crippen molar-refractivity contribution in [3.8, 4) is 0 Å². The minimum absolute atomic E-state index is 0.0382. The second-order valence-electron chi connectivity index (χ2n) is 3.80. The summed E-state index contributed by atoms with van der Waals surface area (Å²) in [5.74, 6) is 0.216. The van der Waals surface area contributed by atoms with Crippen LogP contribution >= 0.6 is 0 Å². The van der Waals surface area contributed by atoms with Crippen LogP contribution in [0.5, 0.6) is 0 Å². The number of hydrogen-bond donors (Lipinski definition) is 0. The Labute approximate surface area is 83.9 Å². The first-order chi connectivity index (χ1) is 6.74. The van der Waals surface area contributed by atoms with Gasteiger partial charge in [-0.15, -0.1) is 0 Å². The molecule has 74 valence electrons. The number of benzene rings is 1. The maximum Gasteiger partial charge on any atom is 0.339 e. The average Bonchev–Trinajstić information content (AvgIpc) is 2.56. The highest BCUT2D eigenvalue weighted by atomic mass is 16.5. The van der Waals surface area contributed by atoms with Crippen molar-refractivity contribution < 1.29 is 9.53 Å². The van der Waals surface area contributed by atoms with Crippen molar-refractivity contribution in [3.63, 3.8) is 0 Å². The molecule has 2 rings (SSSR count). The average molecular weight is 190 g/mol. The largest absolute Gasteiger partial charge is 0.454 e. The van der Waals surface area contributed by atoms with E-state index in [-0.39, 0.29) is 12.1 Å². The van der Waals surface area contributed by atoms with Gasteiger partial charge in [-0.1, -0.05) is 32.0 Å². The molecule has 1 aliphatic heterocycles. The molecule has 0 saturated carbocycles. The van der Waals surface area contributed by atoms with Gasteiger partial charge in [-0.3, -0.25) is 0 Å². The van der Waals surface area contributed by atoms with Crippen LogP contribution in [0.2, 0.25) is 0 Å². The van der Waals surface area contributed by atoms with E-state index in [1.54, 1.807) is 0 Å². The molecular weight excluding hydrogens is 176 g/mol. The first-order valence-electron chi connectivity index (χ1n) is 5.04. The molecule has 0 bridgehead atoms. The lowest BCUT2D eigenvalue weighted by atomic mass is 9.94. The molecule has 1 heterocycles. The van der Waals surface area contributed by atoms with Gasteiger partial charge in [-0.2, -0.15) is 0 Å². The summed E-state index contributed by atoms with van der Waals surface area (Å²) in [6.45, 7) is 4.22. The van der Waals surface area contributed by atoms with Crippen molar-refractivity contribution in [3.05, 3.63) is 35.4 Å². The molecule has 0 saturated heterocycles. The zero-order chi connectivity index (χ0) is 10.1. The lowest BCUT2D eigenvalue weighted by Crippen LogP contribution is -2.08. The van der Waals surface area contributed by atoms with E-state index < -0.39 is 0 Å². The smallest absolute Gasteiger partial charge is 0.339 e. The summed E-state index contributed by atoms with van der Waals surface area (Å²) in [5.41, 5.74) is 1.78. The van der Waals surface area contributed by atoms with E-state index in [1.807, 2.05) is 24.3 Å². The SMILES string of the molecule is CC[C@H](C)C1OC(=O)c2ccccc21. The van der Waals surface area contributed by atoms with Gasteiger partial charge in [-0.05, 0) is 18.4 Å². The molecule has 0 spiro atoms. The summed E-state index contributed by atoms with van der Waals surface area (Å²) >= 11 is 0. The Morgan fingerprint density at radius 3 is 2.86 bits per heavy atom. The molecule has 14 heavy (non-hydrogen) atoms. The van der Waals surface area contributed by atoms with Crippen LogP contribution in [0.4, 0.5) is 0 Å². The van der Waals surface area contributed by atoms with Crippen LogP contribution in [0.1, 0.15) is 42.3 Å². The normalized spacial score (nSPS) is 21.6. The summed E-state index contributed by atoms with van der Waals surface area (Å²) in [6.07, 6.45) is 0.982. The fourth-order valence-corrected chi connectivity index (χ4v) is 1.81. The maximum atomic E-state index is 11.5. The van der Waals surface area contributed by atoms with Gasteiger partial charge in [0, 0.05) is 5.56 Å². The number of carbonyl (C=O) groups is 1. The number of hydrogen-bond acceptors (Lipinski definition) is 2. The first-order valence-corrected chi connectivity index (χ1v) is 5.04. The van der Waals surface area contributed by atoms with Gasteiger partial charge in [0.1, 0.15) is 6.10 Å². The van der Waals surface area contributed by atoms with Gasteiger partial charge >= 0.3 is 5.97 Å². The van der Waals surface area contributed by atoms with Crippen molar-refractivity contribution in [2.75, 3.05) is 0 Å². The number of rotatable bonds is 2. The number of cyclic esters (lactones) is 1. The Morgan fingerprint density at radius 1 is 1.43 bits per heavy atom. The van der Waals surface area contributed by atoms with E-state index in [2.05, 4.69) is 13.8 Å². The number of ether oxygens (including phenoxy) is 1. The molecule has 1 aromatic rings. The quantitative estimate of drug-likeness (QED) is 0.670. The monoisotopic (exact) mass is 190 g/mol. The summed E-state index contributed by atoms with van der Waals surface area (Å²) < 4.78 is 5.35. The van der Waals surface area contributed by atoms with E-state index in [0.717, 1.165) is 17.5 Å². The van der Waals surface area contributed by atoms with Crippen LogP contribution < -0.4 is 0 Å². The van der Waals surface area contributed by atoms with E-state index in [1.165, 1.54) is 0 Å². The first kappa shape index (κ1) is 9.25. The molecule has 1 aromatic carbocycles. The molecular formula is C12H14O2. The Morgan fingerprint density at radius 2 is 2.14 bits per heavy atom. The zero-order valence-electron chi connectivity index (χ0n) is 8.49. The molecule has 2 heteroatoms. The fourth-order valence-electron chi connectivity index (χ4n) is 1.81. The van der Waals surface area contributed by atoms with E-state index in [9.17, 15) is 4.79 Å². The van der Waals surface area contributed by atoms with E-state index >= 15 is 0 Å². The molecule has 0 amide bonds. The van der Waals surface area contributed by atoms with Crippen molar-refractivity contribution in [2.24, 2.45) is 5.92 Å². The van der Waals surface area contributed by atoms with E-state index in [0.29, 0.717) is 5.92 Å². The Hall–Kier alpha value is -1.31. The Balaban J connectivity index is 2.39. The van der Waals surface area contributed by atoms with Crippen LogP contribution in [0.15, 0.2) is 24.3 Å². The van der Waals surface area contributed by atoms with Crippen LogP contribution in [-0.2, 0) is 4.74 Å². The zero-order valence-corrected chi connectivity index (χ0v) is 8.49. The minimum Gasteiger partial charge on any atom is -0.454 e. The highest BCUT2D eigenvalue weighted by molar-refractivity contribution is 5.94. The molecule has 1 aliphatic rings. The van der Waals surface area contributed by atoms with Crippen molar-refractivity contribution in [1.29, 1.82) is 0 Å². The summed E-state index contributed by atoms with van der Waals surface area (Å²) in [6, 6.07) is 7.65. The second-order valence-corrected chi connectivity index (χ2v) is 3.80. The Kier molecular flexibility index (Phi) is 2.28. The molecule has 0 N–H and O–H groups in total. The number of esters is 1. The predicted molar refractivity (Wildman–Crippen MR) is 54.1 cm³/mol. The van der Waals surface area contributed by atoms with Crippen LogP contribution in [0.25, 0.3) is 0 Å². The van der Waals surface area contributed by atoms with Gasteiger partial charge in [0.25, 0.3) is 0 Å². The molecule has 2 atom stereocenters. The van der Waals surface area contributed by atoms with Gasteiger partial charge in [0.05, 0.1) is 5.56 Å². The van der Waals surface area contributed by atoms with Gasteiger partial charge in [-0.25, -0.2) is 4.79 Å². The molecule has 0 radical (unpaired) electrons. The number of carbonyl (C=O) groups excluding carboxylic acids is 1. The summed E-state index contributed by atoms with van der Waals surface area (Å²) in [7, 11) is 0. The van der Waals surface area contributed by atoms with Crippen LogP contribution in [0.3, 0.4) is 0 Å². The van der Waals surface area contributed by atoms with Crippen LogP contribution in [0, 0.1) is 5.92 Å². The van der Waals surface area contributed by atoms with Gasteiger partial charge in [0.2, 0.25) is 0 Å². The summed E-state index contributed by atoms with van der Waals surface area (Å²) in [4.78, 5) is 11.5. The number of fused-ring (bicyclic) bond motifs is 1. The molecule has 1 unspecified atom stereocenters. The van der Waals surface area contributed by atoms with Crippen LogP contribution in [-0.4, -0.2) is 5.97 Å². The van der Waals surface area contributed by atoms with Gasteiger partial charge < -0.3 is 4.74 Å². The molecule has 2 nitrogen and oxygen atoms in total. The third-order valence-electron chi connectivity index (χ3n) is 2.88. The van der Waals surface area contributed by atoms with Crippen molar-refractivity contribution >= 4 is 5.97 Å². The topological polar surface area (TPSA) is 26.3 Å². The van der Waals surface area contributed by atoms with E-state index in [4.69, 9.17) is 4.74 Å². The highest BCUT2D eigenvalue weighted by Crippen LogP contribution is 2.36. The third-order valence-corrected chi connectivity index (χ3v) is 2.88. The minimum atomic E-state index is -0.175.